The van der Waals surface area contributed by atoms with Gasteiger partial charge in [0.1, 0.15) is 11.6 Å². The molecule has 2 fully saturated rings. The van der Waals surface area contributed by atoms with E-state index >= 15 is 0 Å². The van der Waals surface area contributed by atoms with Crippen molar-refractivity contribution in [1.82, 2.24) is 15.2 Å². The molecule has 2 aliphatic heterocycles. The van der Waals surface area contributed by atoms with Crippen LogP contribution in [0.5, 0.6) is 0 Å². The number of ether oxygens (including phenoxy) is 1. The van der Waals surface area contributed by atoms with E-state index in [0.29, 0.717) is 17.1 Å². The lowest BCUT2D eigenvalue weighted by molar-refractivity contribution is -0.137. The Morgan fingerprint density at radius 1 is 1.18 bits per heavy atom. The SMILES string of the molecule is O=C(OCc1ccccc1)N1CC(c2csc(-c3cccc(C(F)(F)F)c3)n2)C2NCCC21. The molecule has 3 unspecified atom stereocenters. The van der Waals surface area contributed by atoms with E-state index in [-0.39, 0.29) is 30.7 Å². The molecule has 0 bridgehead atoms. The molecule has 2 aromatic carbocycles. The number of amides is 1. The minimum atomic E-state index is -4.40. The molecule has 5 nitrogen and oxygen atoms in total. The summed E-state index contributed by atoms with van der Waals surface area (Å²) in [4.78, 5) is 19.3. The highest BCUT2D eigenvalue weighted by Gasteiger charge is 2.48. The van der Waals surface area contributed by atoms with Crippen molar-refractivity contribution in [2.75, 3.05) is 13.1 Å². The summed E-state index contributed by atoms with van der Waals surface area (Å²) in [6.45, 7) is 1.46. The summed E-state index contributed by atoms with van der Waals surface area (Å²) in [5, 5.41) is 5.89. The van der Waals surface area contributed by atoms with E-state index < -0.39 is 11.7 Å². The molecule has 9 heteroatoms. The predicted molar refractivity (Wildman–Crippen MR) is 119 cm³/mol. The number of nitrogens with zero attached hydrogens (tertiary/aromatic N) is 2. The fourth-order valence-corrected chi connectivity index (χ4v) is 5.52. The van der Waals surface area contributed by atoms with Crippen LogP contribution in [0.2, 0.25) is 0 Å². The Balaban J connectivity index is 1.32. The Kier molecular flexibility index (Phi) is 5.84. The second kappa shape index (κ2) is 8.79. The number of hydrogen-bond donors (Lipinski definition) is 1. The average molecular weight is 474 g/mol. The number of halogens is 3. The second-order valence-corrected chi connectivity index (χ2v) is 9.15. The smallest absolute Gasteiger partial charge is 0.416 e. The van der Waals surface area contributed by atoms with Crippen LogP contribution in [0.1, 0.15) is 29.2 Å². The molecule has 1 N–H and O–H groups in total. The number of aromatic nitrogens is 1. The second-order valence-electron chi connectivity index (χ2n) is 8.29. The fourth-order valence-electron chi connectivity index (χ4n) is 4.64. The maximum absolute atomic E-state index is 13.1. The van der Waals surface area contributed by atoms with Gasteiger partial charge < -0.3 is 15.0 Å². The van der Waals surface area contributed by atoms with E-state index in [1.54, 1.807) is 11.0 Å². The average Bonchev–Trinajstić information content (AvgIpc) is 3.54. The lowest BCUT2D eigenvalue weighted by atomic mass is 9.98. The zero-order valence-electron chi connectivity index (χ0n) is 17.6. The molecule has 33 heavy (non-hydrogen) atoms. The summed E-state index contributed by atoms with van der Waals surface area (Å²) in [6.07, 6.45) is -3.93. The number of rotatable bonds is 4. The van der Waals surface area contributed by atoms with E-state index in [1.165, 1.54) is 17.4 Å². The third-order valence-corrected chi connectivity index (χ3v) is 7.15. The number of benzene rings is 2. The summed E-state index contributed by atoms with van der Waals surface area (Å²) < 4.78 is 44.8. The van der Waals surface area contributed by atoms with Gasteiger partial charge in [0.2, 0.25) is 0 Å². The molecule has 3 atom stereocenters. The van der Waals surface area contributed by atoms with Gasteiger partial charge in [0.15, 0.2) is 0 Å². The van der Waals surface area contributed by atoms with Gasteiger partial charge in [-0.3, -0.25) is 0 Å². The number of nitrogens with one attached hydrogen (secondary N) is 1. The first kappa shape index (κ1) is 21.9. The van der Waals surface area contributed by atoms with Crippen LogP contribution in [0.25, 0.3) is 10.6 Å². The molecular formula is C24H22F3N3O2S. The van der Waals surface area contributed by atoms with Gasteiger partial charge in [0, 0.05) is 29.4 Å². The number of carbonyl (C=O) groups excluding carboxylic acids is 1. The van der Waals surface area contributed by atoms with Gasteiger partial charge in [0.25, 0.3) is 0 Å². The van der Waals surface area contributed by atoms with E-state index in [1.807, 2.05) is 35.7 Å². The Labute approximate surface area is 193 Å². The van der Waals surface area contributed by atoms with Crippen LogP contribution in [0.15, 0.2) is 60.0 Å². The van der Waals surface area contributed by atoms with Gasteiger partial charge in [-0.25, -0.2) is 9.78 Å². The Bertz CT molecular complexity index is 1140. The predicted octanol–water partition coefficient (Wildman–Crippen LogP) is 5.30. The Morgan fingerprint density at radius 2 is 2.00 bits per heavy atom. The van der Waals surface area contributed by atoms with E-state index in [0.717, 1.165) is 36.4 Å². The van der Waals surface area contributed by atoms with Gasteiger partial charge in [-0.1, -0.05) is 42.5 Å². The van der Waals surface area contributed by atoms with Gasteiger partial charge >= 0.3 is 12.3 Å². The summed E-state index contributed by atoms with van der Waals surface area (Å²) in [5.74, 6) is -0.0439. The molecule has 1 amide bonds. The standard InChI is InChI=1S/C24H22F3N3O2S/c25-24(26,27)17-8-4-7-16(11-17)22-29-19(14-33-22)18-12-30(20-9-10-28-21(18)20)23(31)32-13-15-5-2-1-3-6-15/h1-8,11,14,18,20-21,28H,9-10,12-13H2. The minimum Gasteiger partial charge on any atom is -0.445 e. The molecular weight excluding hydrogens is 451 g/mol. The van der Waals surface area contributed by atoms with Crippen molar-refractivity contribution >= 4 is 17.4 Å². The van der Waals surface area contributed by atoms with Crippen LogP contribution >= 0.6 is 11.3 Å². The highest BCUT2D eigenvalue weighted by atomic mass is 32.1. The normalized spacial score (nSPS) is 22.4. The molecule has 0 saturated carbocycles. The van der Waals surface area contributed by atoms with E-state index in [9.17, 15) is 18.0 Å². The lowest BCUT2D eigenvalue weighted by Gasteiger charge is -2.22. The van der Waals surface area contributed by atoms with Crippen molar-refractivity contribution in [2.45, 2.75) is 37.2 Å². The van der Waals surface area contributed by atoms with Crippen LogP contribution in [0, 0.1) is 0 Å². The van der Waals surface area contributed by atoms with Crippen molar-refractivity contribution in [3.63, 3.8) is 0 Å². The summed E-state index contributed by atoms with van der Waals surface area (Å²) in [5.41, 5.74) is 1.46. The number of likely N-dealkylation sites (tertiary alicyclic amines) is 1. The summed E-state index contributed by atoms with van der Waals surface area (Å²) >= 11 is 1.32. The monoisotopic (exact) mass is 473 g/mol. The van der Waals surface area contributed by atoms with Crippen LogP contribution in [0.3, 0.4) is 0 Å². The van der Waals surface area contributed by atoms with Crippen molar-refractivity contribution in [3.8, 4) is 10.6 Å². The zero-order chi connectivity index (χ0) is 23.0. The first-order valence-electron chi connectivity index (χ1n) is 10.7. The third-order valence-electron chi connectivity index (χ3n) is 6.24. The van der Waals surface area contributed by atoms with E-state index in [2.05, 4.69) is 10.3 Å². The van der Waals surface area contributed by atoms with Gasteiger partial charge in [-0.15, -0.1) is 11.3 Å². The van der Waals surface area contributed by atoms with Gasteiger partial charge in [-0.05, 0) is 30.7 Å². The molecule has 0 spiro atoms. The van der Waals surface area contributed by atoms with Gasteiger partial charge in [0.05, 0.1) is 17.3 Å². The third kappa shape index (κ3) is 4.47. The maximum atomic E-state index is 13.1. The zero-order valence-corrected chi connectivity index (χ0v) is 18.4. The van der Waals surface area contributed by atoms with Crippen molar-refractivity contribution < 1.29 is 22.7 Å². The number of carbonyl (C=O) groups is 1. The molecule has 3 heterocycles. The number of alkyl halides is 3. The quantitative estimate of drug-likeness (QED) is 0.559. The molecule has 0 radical (unpaired) electrons. The fraction of sp³-hybridized carbons (Fsp3) is 0.333. The highest BCUT2D eigenvalue weighted by molar-refractivity contribution is 7.13. The van der Waals surface area contributed by atoms with Crippen molar-refractivity contribution in [1.29, 1.82) is 0 Å². The maximum Gasteiger partial charge on any atom is 0.416 e. The topological polar surface area (TPSA) is 54.5 Å². The molecule has 5 rings (SSSR count). The number of thiazole rings is 1. The van der Waals surface area contributed by atoms with Crippen LogP contribution in [-0.2, 0) is 17.5 Å². The molecule has 0 aliphatic carbocycles. The lowest BCUT2D eigenvalue weighted by Crippen LogP contribution is -2.39. The first-order valence-corrected chi connectivity index (χ1v) is 11.6. The molecule has 2 saturated heterocycles. The van der Waals surface area contributed by atoms with Crippen LogP contribution in [-0.4, -0.2) is 41.2 Å². The summed E-state index contributed by atoms with van der Waals surface area (Å²) in [7, 11) is 0. The van der Waals surface area contributed by atoms with E-state index in [4.69, 9.17) is 4.74 Å². The summed E-state index contributed by atoms with van der Waals surface area (Å²) in [6, 6.07) is 14.8. The van der Waals surface area contributed by atoms with Crippen molar-refractivity contribution in [2.24, 2.45) is 0 Å². The van der Waals surface area contributed by atoms with Crippen molar-refractivity contribution in [3.05, 3.63) is 76.8 Å². The van der Waals surface area contributed by atoms with Gasteiger partial charge in [-0.2, -0.15) is 13.2 Å². The van der Waals surface area contributed by atoms with Crippen LogP contribution in [0.4, 0.5) is 18.0 Å². The minimum absolute atomic E-state index is 0.0111. The Morgan fingerprint density at radius 3 is 2.79 bits per heavy atom. The molecule has 172 valence electrons. The Hall–Kier alpha value is -2.91. The molecule has 3 aromatic rings. The highest BCUT2D eigenvalue weighted by Crippen LogP contribution is 2.39. The first-order chi connectivity index (χ1) is 15.9. The number of fused-ring (bicyclic) bond motifs is 1. The van der Waals surface area contributed by atoms with Crippen LogP contribution < -0.4 is 5.32 Å². The largest absolute Gasteiger partial charge is 0.445 e. The molecule has 2 aliphatic rings. The number of hydrogen-bond acceptors (Lipinski definition) is 5. The molecule has 1 aromatic heterocycles.